The fourth-order valence-corrected chi connectivity index (χ4v) is 4.77. The molecular weight excluding hydrogens is 412 g/mol. The molecular formula is C23H28N4O3S. The topological polar surface area (TPSA) is 66.9 Å². The lowest BCUT2D eigenvalue weighted by Gasteiger charge is -2.34. The van der Waals surface area contributed by atoms with Gasteiger partial charge in [0, 0.05) is 39.3 Å². The smallest absolute Gasteiger partial charge is 0.255 e. The Kier molecular flexibility index (Phi) is 6.89. The zero-order valence-corrected chi connectivity index (χ0v) is 18.8. The molecule has 2 aromatic carbocycles. The zero-order valence-electron chi connectivity index (χ0n) is 18.0. The van der Waals surface area contributed by atoms with Crippen molar-refractivity contribution in [3.8, 4) is 11.5 Å². The van der Waals surface area contributed by atoms with E-state index in [0.717, 1.165) is 53.8 Å². The number of methoxy groups -OCH3 is 1. The summed E-state index contributed by atoms with van der Waals surface area (Å²) < 4.78 is 12.1. The highest BCUT2D eigenvalue weighted by Gasteiger charge is 2.21. The minimum Gasteiger partial charge on any atom is -0.496 e. The highest BCUT2D eigenvalue weighted by molar-refractivity contribution is 7.22. The number of hydrogen-bond donors (Lipinski definition) is 1. The Morgan fingerprint density at radius 1 is 1.10 bits per heavy atom. The third-order valence-corrected chi connectivity index (χ3v) is 6.46. The molecule has 8 heteroatoms. The Morgan fingerprint density at radius 2 is 1.87 bits per heavy atom. The average molecular weight is 441 g/mol. The molecule has 0 saturated carbocycles. The summed E-state index contributed by atoms with van der Waals surface area (Å²) in [5.74, 6) is 1.35. The Morgan fingerprint density at radius 3 is 2.65 bits per heavy atom. The number of thiazole rings is 1. The minimum atomic E-state index is -0.101. The molecule has 31 heavy (non-hydrogen) atoms. The van der Waals surface area contributed by atoms with Crippen molar-refractivity contribution in [2.75, 3.05) is 57.9 Å². The molecule has 1 saturated heterocycles. The van der Waals surface area contributed by atoms with Crippen molar-refractivity contribution in [2.24, 2.45) is 0 Å². The van der Waals surface area contributed by atoms with Crippen LogP contribution < -0.4 is 19.7 Å². The largest absolute Gasteiger partial charge is 0.496 e. The van der Waals surface area contributed by atoms with E-state index in [1.54, 1.807) is 30.6 Å². The molecule has 3 aromatic rings. The third kappa shape index (κ3) is 4.91. The number of carbonyl (C=O) groups is 1. The van der Waals surface area contributed by atoms with Crippen molar-refractivity contribution in [3.63, 3.8) is 0 Å². The van der Waals surface area contributed by atoms with Crippen molar-refractivity contribution in [1.82, 2.24) is 15.2 Å². The van der Waals surface area contributed by atoms with E-state index in [0.29, 0.717) is 24.5 Å². The van der Waals surface area contributed by atoms with E-state index in [1.807, 2.05) is 31.2 Å². The van der Waals surface area contributed by atoms with Crippen LogP contribution in [-0.2, 0) is 0 Å². The maximum atomic E-state index is 12.4. The van der Waals surface area contributed by atoms with Crippen LogP contribution in [0.1, 0.15) is 17.3 Å². The quantitative estimate of drug-likeness (QED) is 0.580. The summed E-state index contributed by atoms with van der Waals surface area (Å²) in [6.45, 7) is 7.78. The predicted octanol–water partition coefficient (Wildman–Crippen LogP) is 3.26. The molecule has 0 unspecified atom stereocenters. The number of aromatic nitrogens is 1. The van der Waals surface area contributed by atoms with Gasteiger partial charge in [-0.15, -0.1) is 0 Å². The number of fused-ring (bicyclic) bond motifs is 1. The maximum absolute atomic E-state index is 12.4. The van der Waals surface area contributed by atoms with E-state index in [2.05, 4.69) is 21.2 Å². The van der Waals surface area contributed by atoms with Gasteiger partial charge in [-0.2, -0.15) is 0 Å². The first-order valence-electron chi connectivity index (χ1n) is 10.6. The van der Waals surface area contributed by atoms with E-state index in [1.165, 1.54) is 0 Å². The van der Waals surface area contributed by atoms with Crippen molar-refractivity contribution >= 4 is 32.6 Å². The molecule has 2 heterocycles. The summed E-state index contributed by atoms with van der Waals surface area (Å²) >= 11 is 1.72. The van der Waals surface area contributed by atoms with Gasteiger partial charge in [-0.1, -0.05) is 29.5 Å². The molecule has 0 aliphatic carbocycles. The van der Waals surface area contributed by atoms with Gasteiger partial charge in [0.2, 0.25) is 0 Å². The second-order valence-electron chi connectivity index (χ2n) is 7.32. The molecule has 1 N–H and O–H groups in total. The maximum Gasteiger partial charge on any atom is 0.255 e. The summed E-state index contributed by atoms with van der Waals surface area (Å²) in [5.41, 5.74) is 1.52. The molecule has 7 nitrogen and oxygen atoms in total. The normalized spacial score (nSPS) is 14.6. The van der Waals surface area contributed by atoms with Gasteiger partial charge < -0.3 is 19.7 Å². The number of nitrogens with one attached hydrogen (secondary N) is 1. The van der Waals surface area contributed by atoms with Gasteiger partial charge in [0.15, 0.2) is 5.13 Å². The van der Waals surface area contributed by atoms with Crippen molar-refractivity contribution < 1.29 is 14.3 Å². The number of para-hydroxylation sites is 2. The van der Waals surface area contributed by atoms with Crippen LogP contribution in [0.2, 0.25) is 0 Å². The van der Waals surface area contributed by atoms with Crippen LogP contribution in [0.4, 0.5) is 5.13 Å². The Labute approximate surface area is 186 Å². The second-order valence-corrected chi connectivity index (χ2v) is 8.33. The Balaban J connectivity index is 1.28. The van der Waals surface area contributed by atoms with Gasteiger partial charge in [-0.3, -0.25) is 9.69 Å². The minimum absolute atomic E-state index is 0.101. The first-order valence-corrected chi connectivity index (χ1v) is 11.4. The highest BCUT2D eigenvalue weighted by atomic mass is 32.1. The van der Waals surface area contributed by atoms with Crippen LogP contribution in [0, 0.1) is 0 Å². The fraction of sp³-hybridized carbons (Fsp3) is 0.391. The van der Waals surface area contributed by atoms with Crippen LogP contribution in [0.25, 0.3) is 10.2 Å². The number of ether oxygens (including phenoxy) is 2. The lowest BCUT2D eigenvalue weighted by atomic mass is 10.2. The van der Waals surface area contributed by atoms with E-state index < -0.39 is 0 Å². The summed E-state index contributed by atoms with van der Waals surface area (Å²) in [4.78, 5) is 22.0. The predicted molar refractivity (Wildman–Crippen MR) is 125 cm³/mol. The number of amides is 1. The van der Waals surface area contributed by atoms with Gasteiger partial charge in [-0.05, 0) is 31.2 Å². The fourth-order valence-electron chi connectivity index (χ4n) is 3.74. The molecule has 164 valence electrons. The zero-order chi connectivity index (χ0) is 21.6. The van der Waals surface area contributed by atoms with E-state index >= 15 is 0 Å². The van der Waals surface area contributed by atoms with Crippen LogP contribution in [0.3, 0.4) is 0 Å². The number of piperazine rings is 1. The second kappa shape index (κ2) is 9.98. The summed E-state index contributed by atoms with van der Waals surface area (Å²) in [6.07, 6.45) is 0. The number of hydrogen-bond acceptors (Lipinski definition) is 7. The molecule has 1 aliphatic heterocycles. The first kappa shape index (κ1) is 21.4. The monoisotopic (exact) mass is 440 g/mol. The third-order valence-electron chi connectivity index (χ3n) is 5.38. The molecule has 4 rings (SSSR count). The summed E-state index contributed by atoms with van der Waals surface area (Å²) in [7, 11) is 1.58. The van der Waals surface area contributed by atoms with Crippen molar-refractivity contribution in [2.45, 2.75) is 6.92 Å². The Bertz CT molecular complexity index is 1030. The molecule has 1 aromatic heterocycles. The SMILES string of the molecule is CCOc1cccc2sc(N3CCN(CCNC(=O)c4ccccc4OC)CC3)nc12. The number of anilines is 1. The van der Waals surface area contributed by atoms with Crippen molar-refractivity contribution in [3.05, 3.63) is 48.0 Å². The van der Waals surface area contributed by atoms with Gasteiger partial charge in [0.1, 0.15) is 17.0 Å². The number of benzene rings is 2. The van der Waals surface area contributed by atoms with Crippen LogP contribution >= 0.6 is 11.3 Å². The molecule has 1 fully saturated rings. The number of carbonyl (C=O) groups excluding carboxylic acids is 1. The summed E-state index contributed by atoms with van der Waals surface area (Å²) in [6, 6.07) is 13.4. The van der Waals surface area contributed by atoms with Gasteiger partial charge in [0.05, 0.1) is 24.0 Å². The number of nitrogens with zero attached hydrogens (tertiary/aromatic N) is 3. The lowest BCUT2D eigenvalue weighted by molar-refractivity contribution is 0.0944. The summed E-state index contributed by atoms with van der Waals surface area (Å²) in [5, 5.41) is 4.05. The molecule has 0 radical (unpaired) electrons. The average Bonchev–Trinajstić information content (AvgIpc) is 3.25. The molecule has 0 atom stereocenters. The molecule has 0 spiro atoms. The Hall–Kier alpha value is -2.84. The van der Waals surface area contributed by atoms with E-state index in [4.69, 9.17) is 14.5 Å². The number of rotatable bonds is 8. The van der Waals surface area contributed by atoms with E-state index in [-0.39, 0.29) is 5.91 Å². The van der Waals surface area contributed by atoms with Crippen LogP contribution in [0.5, 0.6) is 11.5 Å². The first-order chi connectivity index (χ1) is 15.2. The highest BCUT2D eigenvalue weighted by Crippen LogP contribution is 2.34. The van der Waals surface area contributed by atoms with Gasteiger partial charge in [-0.25, -0.2) is 4.98 Å². The molecule has 0 bridgehead atoms. The standard InChI is InChI=1S/C23H28N4O3S/c1-3-30-19-9-6-10-20-21(19)25-23(31-20)27-15-13-26(14-16-27)12-11-24-22(28)17-7-4-5-8-18(17)29-2/h4-10H,3,11-16H2,1-2H3,(H,24,28). The molecule has 1 aliphatic rings. The van der Waals surface area contributed by atoms with E-state index in [9.17, 15) is 4.79 Å². The van der Waals surface area contributed by atoms with Gasteiger partial charge in [0.25, 0.3) is 5.91 Å². The van der Waals surface area contributed by atoms with Crippen LogP contribution in [0.15, 0.2) is 42.5 Å². The lowest BCUT2D eigenvalue weighted by Crippen LogP contribution is -2.48. The molecule has 1 amide bonds. The van der Waals surface area contributed by atoms with Crippen molar-refractivity contribution in [1.29, 1.82) is 0 Å². The van der Waals surface area contributed by atoms with Gasteiger partial charge >= 0.3 is 0 Å². The van der Waals surface area contributed by atoms with Crippen LogP contribution in [-0.4, -0.2) is 68.8 Å².